The van der Waals surface area contributed by atoms with Crippen molar-refractivity contribution in [3.63, 3.8) is 0 Å². The largest absolute Gasteiger partial charge is 0.306 e. The van der Waals surface area contributed by atoms with Gasteiger partial charge in [0, 0.05) is 17.6 Å². The van der Waals surface area contributed by atoms with E-state index in [0.717, 1.165) is 16.1 Å². The fourth-order valence-corrected chi connectivity index (χ4v) is 5.42. The Morgan fingerprint density at radius 1 is 1.55 bits per heavy atom. The maximum Gasteiger partial charge on any atom is 0.152 e. The molecular formula is C13H17N3O2S2. The molecule has 0 spiro atoms. The lowest BCUT2D eigenvalue weighted by Crippen LogP contribution is -2.42. The minimum atomic E-state index is -2.88. The molecule has 0 aromatic carbocycles. The van der Waals surface area contributed by atoms with Gasteiger partial charge in [0.25, 0.3) is 0 Å². The summed E-state index contributed by atoms with van der Waals surface area (Å²) in [5.41, 5.74) is 1.75. The molecule has 2 aromatic heterocycles. The Kier molecular flexibility index (Phi) is 3.43. The number of H-pyrrole nitrogens is 1. The average molecular weight is 311 g/mol. The van der Waals surface area contributed by atoms with Crippen LogP contribution in [-0.4, -0.2) is 35.7 Å². The molecule has 0 saturated carbocycles. The zero-order valence-corrected chi connectivity index (χ0v) is 12.9. The van der Waals surface area contributed by atoms with Crippen molar-refractivity contribution in [2.45, 2.75) is 25.4 Å². The van der Waals surface area contributed by atoms with Gasteiger partial charge in [-0.15, -0.1) is 11.3 Å². The quantitative estimate of drug-likeness (QED) is 0.903. The standard InChI is InChI=1S/C13H17N3O2S2/c1-13(4-6-20(17,18)9-13)14-7-10-8-15-16-12(10)11-3-2-5-19-11/h2-3,5,8,14H,4,6-7,9H2,1H3,(H,15,16). The summed E-state index contributed by atoms with van der Waals surface area (Å²) in [5.74, 6) is 0.492. The van der Waals surface area contributed by atoms with Crippen LogP contribution in [0.25, 0.3) is 10.6 Å². The summed E-state index contributed by atoms with van der Waals surface area (Å²) in [7, 11) is -2.88. The zero-order chi connectivity index (χ0) is 14.2. The Hall–Kier alpha value is -1.18. The highest BCUT2D eigenvalue weighted by Crippen LogP contribution is 2.27. The smallest absolute Gasteiger partial charge is 0.152 e. The Balaban J connectivity index is 1.73. The van der Waals surface area contributed by atoms with Gasteiger partial charge < -0.3 is 5.32 Å². The summed E-state index contributed by atoms with van der Waals surface area (Å²) < 4.78 is 23.2. The lowest BCUT2D eigenvalue weighted by molar-refractivity contribution is 0.396. The third kappa shape index (κ3) is 2.79. The first-order valence-corrected chi connectivity index (χ1v) is 9.19. The van der Waals surface area contributed by atoms with Crippen molar-refractivity contribution in [1.82, 2.24) is 15.5 Å². The molecule has 1 atom stereocenters. The van der Waals surface area contributed by atoms with Gasteiger partial charge in [0.05, 0.1) is 28.3 Å². The number of thiophene rings is 1. The molecule has 1 aliphatic rings. The van der Waals surface area contributed by atoms with Gasteiger partial charge in [0.1, 0.15) is 0 Å². The maximum atomic E-state index is 11.6. The summed E-state index contributed by atoms with van der Waals surface area (Å²) in [6, 6.07) is 4.05. The third-order valence-corrected chi connectivity index (χ3v) is 6.48. The Labute approximate surface area is 122 Å². The van der Waals surface area contributed by atoms with Gasteiger partial charge in [0.2, 0.25) is 0 Å². The molecular weight excluding hydrogens is 294 g/mol. The van der Waals surface area contributed by atoms with Crippen LogP contribution >= 0.6 is 11.3 Å². The third-order valence-electron chi connectivity index (χ3n) is 3.69. The molecule has 5 nitrogen and oxygen atoms in total. The van der Waals surface area contributed by atoms with E-state index in [9.17, 15) is 8.42 Å². The molecule has 0 radical (unpaired) electrons. The number of rotatable bonds is 4. The van der Waals surface area contributed by atoms with Crippen molar-refractivity contribution in [2.75, 3.05) is 11.5 Å². The van der Waals surface area contributed by atoms with E-state index in [4.69, 9.17) is 0 Å². The van der Waals surface area contributed by atoms with E-state index in [-0.39, 0.29) is 17.0 Å². The van der Waals surface area contributed by atoms with E-state index in [1.165, 1.54) is 0 Å². The first-order chi connectivity index (χ1) is 9.48. The molecule has 2 N–H and O–H groups in total. The molecule has 3 rings (SSSR count). The van der Waals surface area contributed by atoms with Crippen LogP contribution in [0.5, 0.6) is 0 Å². The molecule has 20 heavy (non-hydrogen) atoms. The van der Waals surface area contributed by atoms with Crippen LogP contribution in [0.15, 0.2) is 23.7 Å². The number of sulfone groups is 1. The predicted octanol–water partition coefficient (Wildman–Crippen LogP) is 1.81. The van der Waals surface area contributed by atoms with Crippen LogP contribution in [-0.2, 0) is 16.4 Å². The van der Waals surface area contributed by atoms with E-state index in [1.807, 2.05) is 24.4 Å². The molecule has 0 bridgehead atoms. The van der Waals surface area contributed by atoms with Gasteiger partial charge in [0.15, 0.2) is 9.84 Å². The second-order valence-electron chi connectivity index (χ2n) is 5.50. The van der Waals surface area contributed by atoms with Crippen LogP contribution in [0, 0.1) is 0 Å². The van der Waals surface area contributed by atoms with Gasteiger partial charge in [-0.2, -0.15) is 5.10 Å². The molecule has 0 aliphatic carbocycles. The molecule has 0 amide bonds. The summed E-state index contributed by atoms with van der Waals surface area (Å²) in [6.07, 6.45) is 2.47. The Morgan fingerprint density at radius 2 is 2.40 bits per heavy atom. The first-order valence-electron chi connectivity index (χ1n) is 6.49. The number of nitrogens with one attached hydrogen (secondary N) is 2. The van der Waals surface area contributed by atoms with Gasteiger partial charge >= 0.3 is 0 Å². The first kappa shape index (κ1) is 13.8. The second-order valence-corrected chi connectivity index (χ2v) is 8.64. The van der Waals surface area contributed by atoms with Gasteiger partial charge in [-0.3, -0.25) is 5.10 Å². The highest BCUT2D eigenvalue weighted by molar-refractivity contribution is 7.91. The van der Waals surface area contributed by atoms with Crippen LogP contribution < -0.4 is 5.32 Å². The summed E-state index contributed by atoms with van der Waals surface area (Å²) in [4.78, 5) is 1.14. The highest BCUT2D eigenvalue weighted by atomic mass is 32.2. The van der Waals surface area contributed by atoms with Crippen LogP contribution in [0.2, 0.25) is 0 Å². The number of hydrogen-bond donors (Lipinski definition) is 2. The van der Waals surface area contributed by atoms with Crippen LogP contribution in [0.3, 0.4) is 0 Å². The maximum absolute atomic E-state index is 11.6. The molecule has 1 saturated heterocycles. The van der Waals surface area contributed by atoms with Crippen molar-refractivity contribution < 1.29 is 8.42 Å². The van der Waals surface area contributed by atoms with Crippen molar-refractivity contribution in [3.05, 3.63) is 29.3 Å². The lowest BCUT2D eigenvalue weighted by Gasteiger charge is -2.23. The van der Waals surface area contributed by atoms with Crippen molar-refractivity contribution in [2.24, 2.45) is 0 Å². The highest BCUT2D eigenvalue weighted by Gasteiger charge is 2.37. The Bertz CT molecular complexity index is 691. The molecule has 1 aliphatic heterocycles. The van der Waals surface area contributed by atoms with Gasteiger partial charge in [-0.25, -0.2) is 8.42 Å². The molecule has 1 fully saturated rings. The van der Waals surface area contributed by atoms with Gasteiger partial charge in [-0.1, -0.05) is 6.07 Å². The van der Waals surface area contributed by atoms with Crippen molar-refractivity contribution >= 4 is 21.2 Å². The van der Waals surface area contributed by atoms with E-state index < -0.39 is 9.84 Å². The molecule has 3 heterocycles. The van der Waals surface area contributed by atoms with E-state index in [2.05, 4.69) is 15.5 Å². The average Bonchev–Trinajstić information content (AvgIpc) is 3.07. The molecule has 2 aromatic rings. The van der Waals surface area contributed by atoms with E-state index in [0.29, 0.717) is 13.0 Å². The van der Waals surface area contributed by atoms with Gasteiger partial charge in [-0.05, 0) is 24.8 Å². The summed E-state index contributed by atoms with van der Waals surface area (Å²) in [6.45, 7) is 2.60. The minimum Gasteiger partial charge on any atom is -0.306 e. The van der Waals surface area contributed by atoms with Crippen molar-refractivity contribution in [3.8, 4) is 10.6 Å². The topological polar surface area (TPSA) is 74.8 Å². The number of aromatic nitrogens is 2. The van der Waals surface area contributed by atoms with Crippen LogP contribution in [0.1, 0.15) is 18.9 Å². The SMILES string of the molecule is CC1(NCc2cn[nH]c2-c2cccs2)CCS(=O)(=O)C1. The number of aromatic amines is 1. The second kappa shape index (κ2) is 4.98. The summed E-state index contributed by atoms with van der Waals surface area (Å²) in [5, 5.41) is 12.5. The number of nitrogens with zero attached hydrogens (tertiary/aromatic N) is 1. The zero-order valence-electron chi connectivity index (χ0n) is 11.2. The Morgan fingerprint density at radius 3 is 3.05 bits per heavy atom. The predicted molar refractivity (Wildman–Crippen MR) is 80.4 cm³/mol. The fourth-order valence-electron chi connectivity index (χ4n) is 2.54. The molecule has 1 unspecified atom stereocenters. The lowest BCUT2D eigenvalue weighted by atomic mass is 10.0. The number of hydrogen-bond acceptors (Lipinski definition) is 5. The monoisotopic (exact) mass is 311 g/mol. The molecule has 108 valence electrons. The molecule has 7 heteroatoms. The van der Waals surface area contributed by atoms with Crippen LogP contribution in [0.4, 0.5) is 0 Å². The van der Waals surface area contributed by atoms with E-state index in [1.54, 1.807) is 17.5 Å². The normalized spacial score (nSPS) is 25.1. The minimum absolute atomic E-state index is 0.214. The summed E-state index contributed by atoms with van der Waals surface area (Å²) >= 11 is 1.66. The van der Waals surface area contributed by atoms with E-state index >= 15 is 0 Å². The fraction of sp³-hybridized carbons (Fsp3) is 0.462. The van der Waals surface area contributed by atoms with Crippen molar-refractivity contribution in [1.29, 1.82) is 0 Å².